The number of nitrogens with zero attached hydrogens (tertiary/aromatic N) is 1. The molecular formula is C19H20ClN3O5. The molecule has 0 unspecified atom stereocenters. The highest BCUT2D eigenvalue weighted by Gasteiger charge is 2.12. The van der Waals surface area contributed by atoms with E-state index in [1.165, 1.54) is 25.5 Å². The van der Waals surface area contributed by atoms with Crippen molar-refractivity contribution in [3.63, 3.8) is 0 Å². The largest absolute Gasteiger partial charge is 0.503 e. The van der Waals surface area contributed by atoms with E-state index in [1.54, 1.807) is 31.2 Å². The normalized spacial score (nSPS) is 10.5. The van der Waals surface area contributed by atoms with E-state index in [0.29, 0.717) is 23.5 Å². The second-order valence-corrected chi connectivity index (χ2v) is 5.87. The lowest BCUT2D eigenvalue weighted by atomic mass is 10.2. The third kappa shape index (κ3) is 5.62. The fourth-order valence-corrected chi connectivity index (χ4v) is 2.46. The zero-order valence-electron chi connectivity index (χ0n) is 15.4. The summed E-state index contributed by atoms with van der Waals surface area (Å²) in [4.78, 5) is 24.0. The molecule has 0 spiro atoms. The van der Waals surface area contributed by atoms with Crippen molar-refractivity contribution in [3.8, 4) is 17.2 Å². The Bertz CT molecular complexity index is 886. The first-order valence-corrected chi connectivity index (χ1v) is 8.72. The van der Waals surface area contributed by atoms with Crippen LogP contribution in [0.2, 0.25) is 5.02 Å². The number of hydrogen-bond donors (Lipinski definition) is 3. The number of para-hydroxylation sites is 1. The molecule has 0 aliphatic heterocycles. The van der Waals surface area contributed by atoms with Crippen LogP contribution in [0, 0.1) is 0 Å². The molecule has 3 N–H and O–H groups in total. The van der Waals surface area contributed by atoms with Gasteiger partial charge in [-0.3, -0.25) is 9.59 Å². The average Bonchev–Trinajstić information content (AvgIpc) is 2.70. The fourth-order valence-electron chi connectivity index (χ4n) is 2.24. The number of nitrogens with one attached hydrogen (secondary N) is 2. The summed E-state index contributed by atoms with van der Waals surface area (Å²) in [5.74, 6) is -0.499. The van der Waals surface area contributed by atoms with Gasteiger partial charge < -0.3 is 19.9 Å². The van der Waals surface area contributed by atoms with Gasteiger partial charge >= 0.3 is 0 Å². The fraction of sp³-hybridized carbons (Fsp3) is 0.211. The van der Waals surface area contributed by atoms with Crippen molar-refractivity contribution in [1.29, 1.82) is 0 Å². The van der Waals surface area contributed by atoms with Crippen molar-refractivity contribution in [2.45, 2.75) is 6.92 Å². The van der Waals surface area contributed by atoms with Crippen molar-refractivity contribution in [1.82, 2.24) is 10.7 Å². The Morgan fingerprint density at radius 2 is 2.00 bits per heavy atom. The molecule has 0 bridgehead atoms. The number of benzene rings is 2. The first-order chi connectivity index (χ1) is 13.5. The van der Waals surface area contributed by atoms with Crippen LogP contribution >= 0.6 is 11.6 Å². The number of carbonyl (C=O) groups excluding carboxylic acids is 2. The van der Waals surface area contributed by atoms with Gasteiger partial charge in [-0.1, -0.05) is 23.7 Å². The Hall–Kier alpha value is -3.26. The van der Waals surface area contributed by atoms with Crippen LogP contribution in [0.15, 0.2) is 41.5 Å². The summed E-state index contributed by atoms with van der Waals surface area (Å²) in [7, 11) is 1.46. The second-order valence-electron chi connectivity index (χ2n) is 5.46. The maximum atomic E-state index is 12.1. The lowest BCUT2D eigenvalue weighted by Crippen LogP contribution is -2.35. The van der Waals surface area contributed by atoms with Crippen molar-refractivity contribution in [3.05, 3.63) is 52.5 Å². The average molecular weight is 406 g/mol. The van der Waals surface area contributed by atoms with E-state index in [-0.39, 0.29) is 23.1 Å². The van der Waals surface area contributed by atoms with Crippen LogP contribution in [0.1, 0.15) is 22.8 Å². The van der Waals surface area contributed by atoms with Crippen LogP contribution < -0.4 is 20.2 Å². The summed E-state index contributed by atoms with van der Waals surface area (Å²) in [6.07, 6.45) is 1.34. The first kappa shape index (κ1) is 21.0. The zero-order chi connectivity index (χ0) is 20.5. The van der Waals surface area contributed by atoms with Gasteiger partial charge in [0.2, 0.25) is 0 Å². The molecule has 2 amide bonds. The summed E-state index contributed by atoms with van der Waals surface area (Å²) in [6.45, 7) is 1.86. The number of hydrazone groups is 1. The summed E-state index contributed by atoms with van der Waals surface area (Å²) >= 11 is 5.93. The SMILES string of the molecule is CCOc1cc(/C=N/NC(=O)CNC(=O)c2ccccc2OC)cc(Cl)c1O. The molecule has 0 saturated heterocycles. The Labute approximate surface area is 167 Å². The van der Waals surface area contributed by atoms with Crippen molar-refractivity contribution >= 4 is 29.6 Å². The lowest BCUT2D eigenvalue weighted by molar-refractivity contribution is -0.120. The molecule has 0 fully saturated rings. The summed E-state index contributed by atoms with van der Waals surface area (Å²) in [5.41, 5.74) is 3.13. The molecule has 148 valence electrons. The van der Waals surface area contributed by atoms with Gasteiger partial charge in [-0.2, -0.15) is 5.10 Å². The van der Waals surface area contributed by atoms with Crippen LogP contribution in [0.3, 0.4) is 0 Å². The summed E-state index contributed by atoms with van der Waals surface area (Å²) in [5, 5.41) is 16.2. The lowest BCUT2D eigenvalue weighted by Gasteiger charge is -2.09. The maximum absolute atomic E-state index is 12.1. The standard InChI is InChI=1S/C19H20ClN3O5/c1-3-28-16-9-12(8-14(20)18(16)25)10-22-23-17(24)11-21-19(26)13-6-4-5-7-15(13)27-2/h4-10,25H,3,11H2,1-2H3,(H,21,26)(H,23,24)/b22-10+. The summed E-state index contributed by atoms with van der Waals surface area (Å²) in [6, 6.07) is 9.68. The van der Waals surface area contributed by atoms with Crippen LogP contribution in [0.25, 0.3) is 0 Å². The number of amides is 2. The second kappa shape index (κ2) is 10.2. The number of aromatic hydroxyl groups is 1. The number of phenols is 1. The smallest absolute Gasteiger partial charge is 0.259 e. The van der Waals surface area contributed by atoms with Gasteiger partial charge in [0.05, 0.1) is 37.1 Å². The third-order valence-electron chi connectivity index (χ3n) is 3.51. The van der Waals surface area contributed by atoms with Crippen LogP contribution in [-0.2, 0) is 4.79 Å². The molecule has 0 atom stereocenters. The topological polar surface area (TPSA) is 109 Å². The highest BCUT2D eigenvalue weighted by atomic mass is 35.5. The number of phenolic OH excluding ortho intramolecular Hbond substituents is 1. The Balaban J connectivity index is 1.91. The quantitative estimate of drug-likeness (QED) is 0.461. The summed E-state index contributed by atoms with van der Waals surface area (Å²) < 4.78 is 10.4. The van der Waals surface area contributed by atoms with Gasteiger partial charge in [-0.25, -0.2) is 5.43 Å². The Morgan fingerprint density at radius 3 is 2.71 bits per heavy atom. The molecule has 28 heavy (non-hydrogen) atoms. The van der Waals surface area contributed by atoms with Crippen molar-refractivity contribution < 1.29 is 24.2 Å². The monoisotopic (exact) mass is 405 g/mol. The van der Waals surface area contributed by atoms with Crippen molar-refractivity contribution in [2.75, 3.05) is 20.3 Å². The molecule has 0 heterocycles. The predicted octanol–water partition coefficient (Wildman–Crippen LogP) is 2.33. The maximum Gasteiger partial charge on any atom is 0.259 e. The third-order valence-corrected chi connectivity index (χ3v) is 3.80. The van der Waals surface area contributed by atoms with E-state index in [0.717, 1.165) is 0 Å². The molecule has 8 nitrogen and oxygen atoms in total. The number of hydrogen-bond acceptors (Lipinski definition) is 6. The van der Waals surface area contributed by atoms with E-state index < -0.39 is 11.8 Å². The van der Waals surface area contributed by atoms with Crippen molar-refractivity contribution in [2.24, 2.45) is 5.10 Å². The van der Waals surface area contributed by atoms with Gasteiger partial charge in [0.15, 0.2) is 11.5 Å². The number of methoxy groups -OCH3 is 1. The molecule has 2 aromatic rings. The molecule has 0 aromatic heterocycles. The first-order valence-electron chi connectivity index (χ1n) is 8.34. The minimum Gasteiger partial charge on any atom is -0.503 e. The predicted molar refractivity (Wildman–Crippen MR) is 105 cm³/mol. The van der Waals surface area contributed by atoms with Crippen LogP contribution in [-0.4, -0.2) is 43.4 Å². The van der Waals surface area contributed by atoms with Gasteiger partial charge in [0, 0.05) is 0 Å². The number of rotatable bonds is 8. The van der Waals surface area contributed by atoms with E-state index >= 15 is 0 Å². The molecule has 0 radical (unpaired) electrons. The highest BCUT2D eigenvalue weighted by Crippen LogP contribution is 2.34. The van der Waals surface area contributed by atoms with Gasteiger partial charge in [-0.15, -0.1) is 0 Å². The van der Waals surface area contributed by atoms with E-state index in [1.807, 2.05) is 0 Å². The molecule has 2 rings (SSSR count). The number of ether oxygens (including phenoxy) is 2. The molecule has 0 saturated carbocycles. The zero-order valence-corrected chi connectivity index (χ0v) is 16.1. The van der Waals surface area contributed by atoms with Gasteiger partial charge in [-0.05, 0) is 36.8 Å². The molecule has 9 heteroatoms. The van der Waals surface area contributed by atoms with E-state index in [4.69, 9.17) is 21.1 Å². The van der Waals surface area contributed by atoms with Gasteiger partial charge in [0.1, 0.15) is 5.75 Å². The minimum atomic E-state index is -0.519. The Kier molecular flexibility index (Phi) is 7.65. The molecule has 2 aromatic carbocycles. The molecule has 0 aliphatic carbocycles. The van der Waals surface area contributed by atoms with Gasteiger partial charge in [0.25, 0.3) is 11.8 Å². The van der Waals surface area contributed by atoms with E-state index in [2.05, 4.69) is 15.8 Å². The van der Waals surface area contributed by atoms with Crippen LogP contribution in [0.4, 0.5) is 0 Å². The Morgan fingerprint density at radius 1 is 1.25 bits per heavy atom. The molecule has 0 aliphatic rings. The highest BCUT2D eigenvalue weighted by molar-refractivity contribution is 6.32. The number of carbonyl (C=O) groups is 2. The van der Waals surface area contributed by atoms with Crippen LogP contribution in [0.5, 0.6) is 17.2 Å². The van der Waals surface area contributed by atoms with E-state index in [9.17, 15) is 14.7 Å². The molecular weight excluding hydrogens is 386 g/mol. The number of halogens is 1. The minimum absolute atomic E-state index is 0.0998.